The number of nitrogens with one attached hydrogen (secondary N) is 1. The summed E-state index contributed by atoms with van der Waals surface area (Å²) in [5.74, 6) is -3.76. The highest BCUT2D eigenvalue weighted by Crippen LogP contribution is 2.49. The number of thiophene rings is 1. The molecular weight excluding hydrogens is 256 g/mol. The lowest BCUT2D eigenvalue weighted by Gasteiger charge is -2.16. The number of aryl methyl sites for hydroxylation is 1. The van der Waals surface area contributed by atoms with Gasteiger partial charge in [0, 0.05) is 11.3 Å². The summed E-state index contributed by atoms with van der Waals surface area (Å²) >= 11 is 1.53. The number of amides is 1. The van der Waals surface area contributed by atoms with Gasteiger partial charge in [0.1, 0.15) is 5.92 Å². The molecule has 0 bridgehead atoms. The fraction of sp³-hybridized carbons (Fsp3) is 0.615. The molecule has 1 amide bonds. The Morgan fingerprint density at radius 3 is 2.94 bits per heavy atom. The highest BCUT2D eigenvalue weighted by molar-refractivity contribution is 7.16. The van der Waals surface area contributed by atoms with Crippen LogP contribution in [0.25, 0.3) is 0 Å². The van der Waals surface area contributed by atoms with Gasteiger partial charge in [-0.2, -0.15) is 0 Å². The van der Waals surface area contributed by atoms with E-state index in [4.69, 9.17) is 0 Å². The Morgan fingerprint density at radius 2 is 2.28 bits per heavy atom. The number of anilines is 1. The maximum Gasteiger partial charge on any atom is 0.260 e. The first-order valence-corrected chi connectivity index (χ1v) is 7.07. The lowest BCUT2D eigenvalue weighted by molar-refractivity contribution is -0.119. The Morgan fingerprint density at radius 1 is 1.56 bits per heavy atom. The van der Waals surface area contributed by atoms with Crippen molar-refractivity contribution in [1.82, 2.24) is 0 Å². The monoisotopic (exact) mass is 271 g/mol. The molecular formula is C13H15F2NOS. The van der Waals surface area contributed by atoms with E-state index >= 15 is 0 Å². The number of alkyl halides is 2. The molecule has 1 saturated carbocycles. The zero-order chi connectivity index (χ0) is 12.9. The predicted octanol–water partition coefficient (Wildman–Crippen LogP) is 3.47. The molecule has 0 saturated heterocycles. The van der Waals surface area contributed by atoms with E-state index in [0.29, 0.717) is 5.92 Å². The Kier molecular flexibility index (Phi) is 2.70. The number of hydrogen-bond donors (Lipinski definition) is 1. The van der Waals surface area contributed by atoms with Crippen molar-refractivity contribution in [2.75, 3.05) is 5.32 Å². The van der Waals surface area contributed by atoms with Gasteiger partial charge in [0.05, 0.1) is 5.00 Å². The molecule has 1 N–H and O–H groups in total. The fourth-order valence-electron chi connectivity index (χ4n) is 2.47. The maximum atomic E-state index is 12.8. The minimum Gasteiger partial charge on any atom is -0.317 e. The van der Waals surface area contributed by atoms with Crippen molar-refractivity contribution in [2.24, 2.45) is 11.8 Å². The zero-order valence-corrected chi connectivity index (χ0v) is 10.9. The van der Waals surface area contributed by atoms with Crippen molar-refractivity contribution in [3.05, 3.63) is 16.5 Å². The molecule has 0 spiro atoms. The largest absolute Gasteiger partial charge is 0.317 e. The van der Waals surface area contributed by atoms with Gasteiger partial charge in [-0.1, -0.05) is 6.92 Å². The molecule has 2 atom stereocenters. The topological polar surface area (TPSA) is 29.1 Å². The van der Waals surface area contributed by atoms with Gasteiger partial charge in [-0.05, 0) is 36.8 Å². The van der Waals surface area contributed by atoms with Crippen LogP contribution in [0.5, 0.6) is 0 Å². The molecule has 0 radical (unpaired) electrons. The van der Waals surface area contributed by atoms with Gasteiger partial charge in [-0.25, -0.2) is 8.78 Å². The number of fused-ring (bicyclic) bond motifs is 1. The van der Waals surface area contributed by atoms with Crippen LogP contribution in [-0.4, -0.2) is 11.8 Å². The van der Waals surface area contributed by atoms with E-state index in [1.165, 1.54) is 28.2 Å². The summed E-state index contributed by atoms with van der Waals surface area (Å²) in [5.41, 5.74) is 1.27. The van der Waals surface area contributed by atoms with E-state index in [9.17, 15) is 13.6 Å². The molecule has 2 aliphatic rings. The average molecular weight is 271 g/mol. The van der Waals surface area contributed by atoms with Crippen LogP contribution in [0.1, 0.15) is 30.2 Å². The number of halogens is 2. The molecule has 1 aromatic rings. The third-order valence-corrected chi connectivity index (χ3v) is 4.87. The molecule has 2 aliphatic carbocycles. The van der Waals surface area contributed by atoms with Crippen LogP contribution in [0, 0.1) is 11.8 Å². The van der Waals surface area contributed by atoms with Crippen LogP contribution in [0.4, 0.5) is 13.8 Å². The van der Waals surface area contributed by atoms with Crippen molar-refractivity contribution < 1.29 is 13.6 Å². The first kappa shape index (κ1) is 12.1. The van der Waals surface area contributed by atoms with Crippen LogP contribution < -0.4 is 5.32 Å². The minimum absolute atomic E-state index is 0.305. The highest BCUT2D eigenvalue weighted by atomic mass is 32.1. The normalized spacial score (nSPS) is 28.6. The molecule has 1 fully saturated rings. The first-order chi connectivity index (χ1) is 8.45. The van der Waals surface area contributed by atoms with E-state index in [-0.39, 0.29) is 6.42 Å². The molecule has 0 aliphatic heterocycles. The second-order valence-electron chi connectivity index (χ2n) is 5.41. The Bertz CT molecular complexity index is 497. The summed E-state index contributed by atoms with van der Waals surface area (Å²) in [6, 6.07) is 1.95. The van der Waals surface area contributed by atoms with Gasteiger partial charge >= 0.3 is 0 Å². The van der Waals surface area contributed by atoms with Gasteiger partial charge in [-0.15, -0.1) is 11.3 Å². The van der Waals surface area contributed by atoms with Crippen molar-refractivity contribution in [2.45, 2.75) is 38.5 Å². The summed E-state index contributed by atoms with van der Waals surface area (Å²) in [6.07, 6.45) is 2.93. The third kappa shape index (κ3) is 2.16. The number of carbonyl (C=O) groups is 1. The Labute approximate surface area is 108 Å². The molecule has 1 unspecified atom stereocenters. The van der Waals surface area contributed by atoms with E-state index in [0.717, 1.165) is 17.8 Å². The molecule has 0 aromatic carbocycles. The zero-order valence-electron chi connectivity index (χ0n) is 10.1. The number of rotatable bonds is 2. The Balaban J connectivity index is 1.69. The van der Waals surface area contributed by atoms with Crippen molar-refractivity contribution >= 4 is 22.2 Å². The summed E-state index contributed by atoms with van der Waals surface area (Å²) in [7, 11) is 0. The molecule has 1 heterocycles. The second kappa shape index (κ2) is 4.02. The molecule has 1 aromatic heterocycles. The first-order valence-electron chi connectivity index (χ1n) is 6.26. The van der Waals surface area contributed by atoms with Crippen LogP contribution in [0.3, 0.4) is 0 Å². The van der Waals surface area contributed by atoms with E-state index < -0.39 is 17.7 Å². The maximum absolute atomic E-state index is 12.8. The van der Waals surface area contributed by atoms with Gasteiger partial charge < -0.3 is 5.32 Å². The van der Waals surface area contributed by atoms with Crippen molar-refractivity contribution in [3.63, 3.8) is 0 Å². The lowest BCUT2D eigenvalue weighted by atomic mass is 9.90. The third-order valence-electron chi connectivity index (χ3n) is 3.72. The minimum atomic E-state index is -2.78. The van der Waals surface area contributed by atoms with Crippen LogP contribution in [0.15, 0.2) is 6.07 Å². The Hall–Kier alpha value is -0.970. The van der Waals surface area contributed by atoms with Crippen LogP contribution >= 0.6 is 11.3 Å². The van der Waals surface area contributed by atoms with Gasteiger partial charge in [0.25, 0.3) is 5.92 Å². The van der Waals surface area contributed by atoms with E-state index in [1.807, 2.05) is 6.07 Å². The van der Waals surface area contributed by atoms with Crippen molar-refractivity contribution in [1.29, 1.82) is 0 Å². The van der Waals surface area contributed by atoms with Gasteiger partial charge in [0.2, 0.25) is 5.91 Å². The molecule has 18 heavy (non-hydrogen) atoms. The highest BCUT2D eigenvalue weighted by Gasteiger charge is 2.61. The summed E-state index contributed by atoms with van der Waals surface area (Å²) < 4.78 is 25.5. The van der Waals surface area contributed by atoms with E-state index in [1.54, 1.807) is 0 Å². The summed E-state index contributed by atoms with van der Waals surface area (Å²) in [6.45, 7) is 2.21. The smallest absolute Gasteiger partial charge is 0.260 e. The summed E-state index contributed by atoms with van der Waals surface area (Å²) in [4.78, 5) is 12.9. The second-order valence-corrected chi connectivity index (χ2v) is 6.55. The number of hydrogen-bond acceptors (Lipinski definition) is 2. The SMILES string of the molecule is C[C@H]1CCc2sc(NC(=O)C3CC3(F)F)cc2C1. The fourth-order valence-corrected chi connectivity index (χ4v) is 3.59. The average Bonchev–Trinajstić information content (AvgIpc) is 2.76. The standard InChI is InChI=1S/C13H15F2NOS/c1-7-2-3-10-8(4-7)5-11(18-10)16-12(17)9-6-13(9,14)15/h5,7,9H,2-4,6H2,1H3,(H,16,17)/t7-,9?/m0/s1. The molecule has 2 nitrogen and oxygen atoms in total. The molecule has 5 heteroatoms. The van der Waals surface area contributed by atoms with Gasteiger partial charge in [0.15, 0.2) is 0 Å². The molecule has 98 valence electrons. The molecule has 3 rings (SSSR count). The van der Waals surface area contributed by atoms with Crippen LogP contribution in [0.2, 0.25) is 0 Å². The number of carbonyl (C=O) groups excluding carboxylic acids is 1. The van der Waals surface area contributed by atoms with Crippen molar-refractivity contribution in [3.8, 4) is 0 Å². The predicted molar refractivity (Wildman–Crippen MR) is 67.2 cm³/mol. The lowest BCUT2D eigenvalue weighted by Crippen LogP contribution is -2.16. The van der Waals surface area contributed by atoms with Gasteiger partial charge in [-0.3, -0.25) is 4.79 Å². The van der Waals surface area contributed by atoms with Crippen LogP contribution in [-0.2, 0) is 17.6 Å². The van der Waals surface area contributed by atoms with E-state index in [2.05, 4.69) is 12.2 Å². The summed E-state index contributed by atoms with van der Waals surface area (Å²) in [5, 5.41) is 3.35. The quantitative estimate of drug-likeness (QED) is 0.876.